The Bertz CT molecular complexity index is 1190. The minimum absolute atomic E-state index is 0.0333. The number of nitriles is 1. The van der Waals surface area contributed by atoms with E-state index in [-0.39, 0.29) is 30.0 Å². The van der Waals surface area contributed by atoms with E-state index >= 15 is 0 Å². The number of aromatic nitrogens is 5. The molecule has 166 valence electrons. The molecule has 0 unspecified atom stereocenters. The van der Waals surface area contributed by atoms with Crippen molar-refractivity contribution in [2.24, 2.45) is 5.92 Å². The number of likely N-dealkylation sites (N-methyl/N-ethyl adjacent to an activating group) is 1. The van der Waals surface area contributed by atoms with Crippen molar-refractivity contribution in [2.75, 3.05) is 24.2 Å². The van der Waals surface area contributed by atoms with E-state index in [4.69, 9.17) is 0 Å². The van der Waals surface area contributed by atoms with Crippen LogP contribution in [-0.2, 0) is 16.1 Å². The molecular weight excluding hydrogens is 422 g/mol. The largest absolute Gasteiger partial charge is 0.374 e. The van der Waals surface area contributed by atoms with Crippen LogP contribution in [0.3, 0.4) is 0 Å². The number of carbonyl (C=O) groups is 2. The monoisotopic (exact) mass is 443 g/mol. The molecular formula is C22H21N9O2. The van der Waals surface area contributed by atoms with Gasteiger partial charge < -0.3 is 15.5 Å². The molecule has 0 atom stereocenters. The summed E-state index contributed by atoms with van der Waals surface area (Å²) in [5.41, 5.74) is 2.37. The summed E-state index contributed by atoms with van der Waals surface area (Å²) in [5, 5.41) is 15.1. The average molecular weight is 443 g/mol. The Hall–Kier alpha value is -4.46. The van der Waals surface area contributed by atoms with E-state index in [2.05, 4.69) is 35.6 Å². The first-order valence-corrected chi connectivity index (χ1v) is 10.3. The van der Waals surface area contributed by atoms with Gasteiger partial charge in [-0.05, 0) is 18.9 Å². The molecule has 1 aliphatic rings. The highest BCUT2D eigenvalue weighted by molar-refractivity contribution is 5.93. The van der Waals surface area contributed by atoms with E-state index in [0.717, 1.165) is 12.8 Å². The molecule has 11 nitrogen and oxygen atoms in total. The van der Waals surface area contributed by atoms with Crippen molar-refractivity contribution in [3.05, 3.63) is 54.6 Å². The zero-order valence-corrected chi connectivity index (χ0v) is 17.9. The van der Waals surface area contributed by atoms with E-state index in [1.165, 1.54) is 23.5 Å². The van der Waals surface area contributed by atoms with Gasteiger partial charge in [-0.1, -0.05) is 0 Å². The fraction of sp³-hybridized carbons (Fsp3) is 0.273. The highest BCUT2D eigenvalue weighted by Crippen LogP contribution is 2.30. The highest BCUT2D eigenvalue weighted by atomic mass is 16.2. The summed E-state index contributed by atoms with van der Waals surface area (Å²) in [6.45, 7) is 0.283. The lowest BCUT2D eigenvalue weighted by atomic mass is 10.1. The SMILES string of the molecule is CN(Cc1cnccn1)C(=O)CNc1cc(-c2cnc(NC(=O)C3CC3)cn2)cnc1C#N. The Balaban J connectivity index is 1.41. The second kappa shape index (κ2) is 9.78. The van der Waals surface area contributed by atoms with Crippen LogP contribution in [-0.4, -0.2) is 55.2 Å². The third-order valence-electron chi connectivity index (χ3n) is 5.01. The van der Waals surface area contributed by atoms with Gasteiger partial charge in [-0.2, -0.15) is 5.26 Å². The topological polar surface area (TPSA) is 150 Å². The van der Waals surface area contributed by atoms with E-state index in [0.29, 0.717) is 35.0 Å². The van der Waals surface area contributed by atoms with Crippen LogP contribution in [0.5, 0.6) is 0 Å². The maximum absolute atomic E-state index is 12.5. The minimum atomic E-state index is -0.189. The third-order valence-corrected chi connectivity index (χ3v) is 5.01. The van der Waals surface area contributed by atoms with Gasteiger partial charge in [-0.3, -0.25) is 24.5 Å². The van der Waals surface area contributed by atoms with Crippen LogP contribution >= 0.6 is 0 Å². The lowest BCUT2D eigenvalue weighted by Gasteiger charge is -2.17. The molecule has 1 fully saturated rings. The first-order valence-electron chi connectivity index (χ1n) is 10.3. The van der Waals surface area contributed by atoms with Gasteiger partial charge in [0.25, 0.3) is 0 Å². The fourth-order valence-electron chi connectivity index (χ4n) is 2.99. The van der Waals surface area contributed by atoms with Crippen LogP contribution < -0.4 is 10.6 Å². The minimum Gasteiger partial charge on any atom is -0.374 e. The van der Waals surface area contributed by atoms with Crippen molar-refractivity contribution < 1.29 is 9.59 Å². The van der Waals surface area contributed by atoms with Crippen molar-refractivity contribution in [3.63, 3.8) is 0 Å². The number of amides is 2. The smallest absolute Gasteiger partial charge is 0.241 e. The summed E-state index contributed by atoms with van der Waals surface area (Å²) < 4.78 is 0. The lowest BCUT2D eigenvalue weighted by molar-refractivity contribution is -0.128. The molecule has 3 aromatic rings. The second-order valence-corrected chi connectivity index (χ2v) is 7.58. The molecule has 0 radical (unpaired) electrons. The van der Waals surface area contributed by atoms with Crippen LogP contribution in [0.15, 0.2) is 43.2 Å². The standard InChI is InChI=1S/C22H21N9O2/c1-31(13-16-9-24-4-5-25-16)21(32)12-28-17-6-15(8-26-18(17)7-23)19-10-29-20(11-27-19)30-22(33)14-2-3-14/h4-6,8-11,14,28H,2-3,12-13H2,1H3,(H,29,30,33). The number of nitrogens with zero attached hydrogens (tertiary/aromatic N) is 7. The number of rotatable bonds is 8. The summed E-state index contributed by atoms with van der Waals surface area (Å²) in [5.74, 6) is 0.223. The first kappa shape index (κ1) is 21.8. The molecule has 0 saturated heterocycles. The van der Waals surface area contributed by atoms with Crippen molar-refractivity contribution in [2.45, 2.75) is 19.4 Å². The zero-order chi connectivity index (χ0) is 23.2. The van der Waals surface area contributed by atoms with Crippen LogP contribution in [0, 0.1) is 17.2 Å². The molecule has 0 spiro atoms. The number of anilines is 2. The Morgan fingerprint density at radius 3 is 2.64 bits per heavy atom. The summed E-state index contributed by atoms with van der Waals surface area (Å²) in [7, 11) is 1.66. The summed E-state index contributed by atoms with van der Waals surface area (Å²) in [6.07, 6.45) is 11.1. The summed E-state index contributed by atoms with van der Waals surface area (Å²) in [6, 6.07) is 3.70. The van der Waals surface area contributed by atoms with Gasteiger partial charge in [0, 0.05) is 37.1 Å². The van der Waals surface area contributed by atoms with Crippen LogP contribution in [0.4, 0.5) is 11.5 Å². The van der Waals surface area contributed by atoms with E-state index in [9.17, 15) is 14.9 Å². The van der Waals surface area contributed by atoms with Gasteiger partial charge in [0.1, 0.15) is 6.07 Å². The van der Waals surface area contributed by atoms with E-state index < -0.39 is 0 Å². The normalized spacial score (nSPS) is 12.5. The maximum atomic E-state index is 12.5. The fourth-order valence-corrected chi connectivity index (χ4v) is 2.99. The van der Waals surface area contributed by atoms with Gasteiger partial charge in [-0.15, -0.1) is 0 Å². The predicted octanol–water partition coefficient (Wildman–Crippen LogP) is 1.62. The van der Waals surface area contributed by atoms with Crippen molar-refractivity contribution in [3.8, 4) is 17.3 Å². The van der Waals surface area contributed by atoms with E-state index in [1.807, 2.05) is 6.07 Å². The molecule has 2 N–H and O–H groups in total. The molecule has 1 saturated carbocycles. The Labute approximate surface area is 189 Å². The second-order valence-electron chi connectivity index (χ2n) is 7.58. The zero-order valence-electron chi connectivity index (χ0n) is 17.9. The van der Waals surface area contributed by atoms with Crippen molar-refractivity contribution >= 4 is 23.3 Å². The maximum Gasteiger partial charge on any atom is 0.241 e. The predicted molar refractivity (Wildman–Crippen MR) is 118 cm³/mol. The molecule has 0 aromatic carbocycles. The number of hydrogen-bond acceptors (Lipinski definition) is 9. The molecule has 0 aliphatic heterocycles. The number of nitrogens with one attached hydrogen (secondary N) is 2. The van der Waals surface area contributed by atoms with Gasteiger partial charge in [0.15, 0.2) is 11.5 Å². The van der Waals surface area contributed by atoms with Crippen LogP contribution in [0.2, 0.25) is 0 Å². The average Bonchev–Trinajstić information content (AvgIpc) is 3.69. The van der Waals surface area contributed by atoms with Gasteiger partial charge in [0.2, 0.25) is 11.8 Å². The number of pyridine rings is 1. The molecule has 3 heterocycles. The molecule has 2 amide bonds. The molecule has 1 aliphatic carbocycles. The van der Waals surface area contributed by atoms with Gasteiger partial charge in [0.05, 0.1) is 48.8 Å². The van der Waals surface area contributed by atoms with Gasteiger partial charge >= 0.3 is 0 Å². The van der Waals surface area contributed by atoms with Crippen molar-refractivity contribution in [1.29, 1.82) is 5.26 Å². The van der Waals surface area contributed by atoms with E-state index in [1.54, 1.807) is 31.7 Å². The van der Waals surface area contributed by atoms with Crippen LogP contribution in [0.25, 0.3) is 11.3 Å². The lowest BCUT2D eigenvalue weighted by Crippen LogP contribution is -2.32. The summed E-state index contributed by atoms with van der Waals surface area (Å²) in [4.78, 5) is 46.8. The Morgan fingerprint density at radius 1 is 1.12 bits per heavy atom. The molecule has 3 aromatic heterocycles. The Morgan fingerprint density at radius 2 is 1.97 bits per heavy atom. The van der Waals surface area contributed by atoms with Gasteiger partial charge in [-0.25, -0.2) is 9.97 Å². The van der Waals surface area contributed by atoms with Crippen LogP contribution in [0.1, 0.15) is 24.2 Å². The summed E-state index contributed by atoms with van der Waals surface area (Å²) >= 11 is 0. The Kier molecular flexibility index (Phi) is 6.45. The number of carbonyl (C=O) groups excluding carboxylic acids is 2. The molecule has 33 heavy (non-hydrogen) atoms. The number of hydrogen-bond donors (Lipinski definition) is 2. The molecule has 0 bridgehead atoms. The first-order chi connectivity index (χ1) is 16.0. The highest BCUT2D eigenvalue weighted by Gasteiger charge is 2.29. The quantitative estimate of drug-likeness (QED) is 0.529. The molecule has 11 heteroatoms. The third kappa shape index (κ3) is 5.62. The van der Waals surface area contributed by atoms with Crippen molar-refractivity contribution in [1.82, 2.24) is 29.8 Å². The molecule has 4 rings (SSSR count).